The number of aryl methyl sites for hydroxylation is 1. The first-order chi connectivity index (χ1) is 8.69. The summed E-state index contributed by atoms with van der Waals surface area (Å²) in [5, 5.41) is 14.9. The Morgan fingerprint density at radius 1 is 1.44 bits per heavy atom. The first-order valence-electron chi connectivity index (χ1n) is 5.82. The van der Waals surface area contributed by atoms with E-state index in [1.54, 1.807) is 7.05 Å². The van der Waals surface area contributed by atoms with Gasteiger partial charge in [-0.3, -0.25) is 0 Å². The Labute approximate surface area is 106 Å². The van der Waals surface area contributed by atoms with Gasteiger partial charge in [0.2, 0.25) is 5.82 Å². The third-order valence-corrected chi connectivity index (χ3v) is 2.71. The van der Waals surface area contributed by atoms with Crippen molar-refractivity contribution in [1.29, 1.82) is 0 Å². The lowest BCUT2D eigenvalue weighted by atomic mass is 10.1. The summed E-state index contributed by atoms with van der Waals surface area (Å²) in [6.45, 7) is 2.43. The normalized spacial score (nSPS) is 12.4. The summed E-state index contributed by atoms with van der Waals surface area (Å²) in [7, 11) is 3.66. The van der Waals surface area contributed by atoms with Gasteiger partial charge in [-0.2, -0.15) is 4.80 Å². The monoisotopic (exact) mass is 247 g/mol. The molecule has 0 fully saturated rings. The maximum absolute atomic E-state index is 5.63. The molecule has 1 N–H and O–H groups in total. The number of aromatic nitrogens is 4. The molecular formula is C12H17N5O. The summed E-state index contributed by atoms with van der Waals surface area (Å²) in [6.07, 6.45) is 0. The summed E-state index contributed by atoms with van der Waals surface area (Å²) in [4.78, 5) is 1.41. The third-order valence-electron chi connectivity index (χ3n) is 2.71. The van der Waals surface area contributed by atoms with E-state index in [0.717, 1.165) is 5.75 Å². The third kappa shape index (κ3) is 3.04. The molecule has 0 spiro atoms. The number of hydrogen-bond donors (Lipinski definition) is 1. The maximum Gasteiger partial charge on any atom is 0.212 e. The lowest BCUT2D eigenvalue weighted by Crippen LogP contribution is -2.12. The lowest BCUT2D eigenvalue weighted by molar-refractivity contribution is 0.295. The molecule has 0 aliphatic rings. The first-order valence-corrected chi connectivity index (χ1v) is 5.82. The molecule has 2 rings (SSSR count). The van der Waals surface area contributed by atoms with Gasteiger partial charge in [-0.25, -0.2) is 0 Å². The van der Waals surface area contributed by atoms with E-state index in [1.807, 2.05) is 25.2 Å². The summed E-state index contributed by atoms with van der Waals surface area (Å²) in [5.41, 5.74) is 1.18. The highest BCUT2D eigenvalue weighted by molar-refractivity contribution is 5.30. The van der Waals surface area contributed by atoms with Crippen LogP contribution in [0.4, 0.5) is 0 Å². The molecule has 0 radical (unpaired) electrons. The molecule has 0 aliphatic heterocycles. The van der Waals surface area contributed by atoms with E-state index in [-0.39, 0.29) is 0 Å². The van der Waals surface area contributed by atoms with E-state index in [0.29, 0.717) is 18.5 Å². The van der Waals surface area contributed by atoms with Crippen molar-refractivity contribution in [3.63, 3.8) is 0 Å². The Balaban J connectivity index is 2.01. The van der Waals surface area contributed by atoms with Gasteiger partial charge in [-0.1, -0.05) is 12.1 Å². The molecule has 1 heterocycles. The van der Waals surface area contributed by atoms with Crippen LogP contribution < -0.4 is 10.1 Å². The van der Waals surface area contributed by atoms with Gasteiger partial charge >= 0.3 is 0 Å². The van der Waals surface area contributed by atoms with E-state index in [1.165, 1.54) is 10.4 Å². The van der Waals surface area contributed by atoms with E-state index < -0.39 is 0 Å². The van der Waals surface area contributed by atoms with Crippen molar-refractivity contribution < 1.29 is 4.74 Å². The minimum atomic E-state index is 0.295. The summed E-state index contributed by atoms with van der Waals surface area (Å²) >= 11 is 0. The van der Waals surface area contributed by atoms with Crippen molar-refractivity contribution in [3.8, 4) is 5.75 Å². The fourth-order valence-corrected chi connectivity index (χ4v) is 1.57. The lowest BCUT2D eigenvalue weighted by Gasteiger charge is -2.12. The number of nitrogens with one attached hydrogen (secondary N) is 1. The highest BCUT2D eigenvalue weighted by Crippen LogP contribution is 2.19. The second-order valence-corrected chi connectivity index (χ2v) is 4.07. The van der Waals surface area contributed by atoms with E-state index in [9.17, 15) is 0 Å². The standard InChI is InChI=1S/C12H17N5O/c1-9(13-2)10-5-4-6-11(7-10)18-8-12-14-16-17(3)15-12/h4-7,9,13H,8H2,1-3H3. The highest BCUT2D eigenvalue weighted by Gasteiger charge is 2.05. The van der Waals surface area contributed by atoms with Crippen LogP contribution in [-0.2, 0) is 13.7 Å². The average Bonchev–Trinajstić information content (AvgIpc) is 2.81. The summed E-state index contributed by atoms with van der Waals surface area (Å²) < 4.78 is 5.63. The zero-order valence-electron chi connectivity index (χ0n) is 10.8. The number of benzene rings is 1. The summed E-state index contributed by atoms with van der Waals surface area (Å²) in [5.74, 6) is 1.38. The second kappa shape index (κ2) is 5.59. The molecular weight excluding hydrogens is 230 g/mol. The van der Waals surface area contributed by atoms with Crippen LogP contribution in [0.25, 0.3) is 0 Å². The first kappa shape index (κ1) is 12.5. The van der Waals surface area contributed by atoms with Gasteiger partial charge < -0.3 is 10.1 Å². The van der Waals surface area contributed by atoms with Crippen LogP contribution in [0.2, 0.25) is 0 Å². The molecule has 0 saturated heterocycles. The zero-order chi connectivity index (χ0) is 13.0. The highest BCUT2D eigenvalue weighted by atomic mass is 16.5. The Kier molecular flexibility index (Phi) is 3.88. The van der Waals surface area contributed by atoms with Crippen molar-refractivity contribution >= 4 is 0 Å². The van der Waals surface area contributed by atoms with Crippen LogP contribution in [0.3, 0.4) is 0 Å². The molecule has 1 atom stereocenters. The molecule has 0 bridgehead atoms. The zero-order valence-corrected chi connectivity index (χ0v) is 10.8. The summed E-state index contributed by atoms with van der Waals surface area (Å²) in [6, 6.07) is 8.26. The van der Waals surface area contributed by atoms with Gasteiger partial charge in [-0.15, -0.1) is 10.2 Å². The van der Waals surface area contributed by atoms with E-state index >= 15 is 0 Å². The Morgan fingerprint density at radius 2 is 2.28 bits per heavy atom. The molecule has 0 saturated carbocycles. The molecule has 6 nitrogen and oxygen atoms in total. The number of tetrazole rings is 1. The van der Waals surface area contributed by atoms with E-state index in [4.69, 9.17) is 4.74 Å². The van der Waals surface area contributed by atoms with Crippen LogP contribution in [-0.4, -0.2) is 27.3 Å². The van der Waals surface area contributed by atoms with Crippen molar-refractivity contribution in [2.24, 2.45) is 7.05 Å². The molecule has 2 aromatic rings. The Bertz CT molecular complexity index is 511. The number of rotatable bonds is 5. The molecule has 0 aliphatic carbocycles. The predicted molar refractivity (Wildman–Crippen MR) is 67.0 cm³/mol. The minimum absolute atomic E-state index is 0.295. The molecule has 1 aromatic heterocycles. The minimum Gasteiger partial charge on any atom is -0.485 e. The Hall–Kier alpha value is -1.95. The fourth-order valence-electron chi connectivity index (χ4n) is 1.57. The van der Waals surface area contributed by atoms with Gasteiger partial charge in [0, 0.05) is 6.04 Å². The number of hydrogen-bond acceptors (Lipinski definition) is 5. The van der Waals surface area contributed by atoms with Crippen molar-refractivity contribution in [3.05, 3.63) is 35.7 Å². The molecule has 6 heteroatoms. The van der Waals surface area contributed by atoms with Crippen molar-refractivity contribution in [2.45, 2.75) is 19.6 Å². The molecule has 1 unspecified atom stereocenters. The predicted octanol–water partition coefficient (Wildman–Crippen LogP) is 1.07. The quantitative estimate of drug-likeness (QED) is 0.856. The van der Waals surface area contributed by atoms with Gasteiger partial charge in [0.25, 0.3) is 0 Å². The number of nitrogens with zero attached hydrogens (tertiary/aromatic N) is 4. The average molecular weight is 247 g/mol. The molecule has 1 aromatic carbocycles. The van der Waals surface area contributed by atoms with Crippen LogP contribution >= 0.6 is 0 Å². The van der Waals surface area contributed by atoms with Gasteiger partial charge in [-0.05, 0) is 36.9 Å². The van der Waals surface area contributed by atoms with Crippen LogP contribution in [0.1, 0.15) is 24.4 Å². The SMILES string of the molecule is CNC(C)c1cccc(OCc2nnn(C)n2)c1. The van der Waals surface area contributed by atoms with Gasteiger partial charge in [0.15, 0.2) is 6.61 Å². The maximum atomic E-state index is 5.63. The largest absolute Gasteiger partial charge is 0.485 e. The topological polar surface area (TPSA) is 64.9 Å². The molecule has 18 heavy (non-hydrogen) atoms. The van der Waals surface area contributed by atoms with Gasteiger partial charge in [0.05, 0.1) is 7.05 Å². The van der Waals surface area contributed by atoms with Gasteiger partial charge in [0.1, 0.15) is 5.75 Å². The molecule has 0 amide bonds. The van der Waals surface area contributed by atoms with Crippen LogP contribution in [0.5, 0.6) is 5.75 Å². The fraction of sp³-hybridized carbons (Fsp3) is 0.417. The molecule has 96 valence electrons. The Morgan fingerprint density at radius 3 is 2.94 bits per heavy atom. The van der Waals surface area contributed by atoms with E-state index in [2.05, 4.69) is 33.7 Å². The van der Waals surface area contributed by atoms with Crippen LogP contribution in [0.15, 0.2) is 24.3 Å². The smallest absolute Gasteiger partial charge is 0.212 e. The van der Waals surface area contributed by atoms with Crippen molar-refractivity contribution in [1.82, 2.24) is 25.5 Å². The van der Waals surface area contributed by atoms with Crippen LogP contribution in [0, 0.1) is 0 Å². The number of ether oxygens (including phenoxy) is 1. The van der Waals surface area contributed by atoms with Crippen molar-refractivity contribution in [2.75, 3.05) is 7.05 Å². The second-order valence-electron chi connectivity index (χ2n) is 4.07.